The average molecular weight is 268 g/mol. The van der Waals surface area contributed by atoms with Crippen LogP contribution in [0.15, 0.2) is 36.5 Å². The van der Waals surface area contributed by atoms with Gasteiger partial charge >= 0.3 is 5.97 Å². The fourth-order valence-electron chi connectivity index (χ4n) is 1.42. The number of hydrogen-bond donors (Lipinski definition) is 1. The second kappa shape index (κ2) is 4.73. The summed E-state index contributed by atoms with van der Waals surface area (Å²) in [6.45, 7) is 0. The first-order valence-corrected chi connectivity index (χ1v) is 5.48. The van der Waals surface area contributed by atoms with Crippen molar-refractivity contribution in [3.63, 3.8) is 0 Å². The summed E-state index contributed by atoms with van der Waals surface area (Å²) in [6.07, 6.45) is 1.46. The zero-order valence-electron chi connectivity index (χ0n) is 8.52. The van der Waals surface area contributed by atoms with Gasteiger partial charge in [0, 0.05) is 16.8 Å². The van der Waals surface area contributed by atoms with Crippen molar-refractivity contribution in [1.29, 1.82) is 0 Å². The van der Waals surface area contributed by atoms with Crippen molar-refractivity contribution in [3.05, 3.63) is 52.3 Å². The number of rotatable bonds is 2. The molecule has 0 fully saturated rings. The molecule has 1 aromatic heterocycles. The van der Waals surface area contributed by atoms with E-state index in [1.807, 2.05) is 6.07 Å². The summed E-state index contributed by atoms with van der Waals surface area (Å²) in [6, 6.07) is 8.72. The van der Waals surface area contributed by atoms with Crippen LogP contribution in [0.4, 0.5) is 0 Å². The fourth-order valence-corrected chi connectivity index (χ4v) is 1.86. The average Bonchev–Trinajstić information content (AvgIpc) is 2.28. The molecule has 2 rings (SSSR count). The summed E-state index contributed by atoms with van der Waals surface area (Å²) in [7, 11) is 0. The number of benzene rings is 1. The molecular formula is C12H7Cl2NO2. The van der Waals surface area contributed by atoms with Crippen LogP contribution < -0.4 is 0 Å². The van der Waals surface area contributed by atoms with Crippen LogP contribution in [0.3, 0.4) is 0 Å². The Morgan fingerprint density at radius 2 is 1.94 bits per heavy atom. The Labute approximate surface area is 108 Å². The first-order chi connectivity index (χ1) is 8.08. The van der Waals surface area contributed by atoms with Crippen molar-refractivity contribution >= 4 is 29.2 Å². The van der Waals surface area contributed by atoms with E-state index in [1.165, 1.54) is 6.20 Å². The number of carbonyl (C=O) groups is 1. The molecule has 0 spiro atoms. The van der Waals surface area contributed by atoms with Crippen LogP contribution in [0.2, 0.25) is 10.0 Å². The van der Waals surface area contributed by atoms with E-state index in [-0.39, 0.29) is 10.7 Å². The smallest absolute Gasteiger partial charge is 0.356 e. The van der Waals surface area contributed by atoms with Crippen LogP contribution in [0.25, 0.3) is 11.1 Å². The summed E-state index contributed by atoms with van der Waals surface area (Å²) in [5, 5.41) is 9.51. The number of nitrogens with zero attached hydrogens (tertiary/aromatic N) is 1. The van der Waals surface area contributed by atoms with Crippen molar-refractivity contribution in [1.82, 2.24) is 4.98 Å². The van der Waals surface area contributed by atoms with Gasteiger partial charge in [0.15, 0.2) is 5.69 Å². The molecule has 0 aliphatic rings. The second-order valence-corrected chi connectivity index (χ2v) is 4.21. The van der Waals surface area contributed by atoms with E-state index in [4.69, 9.17) is 28.3 Å². The molecule has 0 radical (unpaired) electrons. The third-order valence-corrected chi connectivity index (χ3v) is 2.72. The number of pyridine rings is 1. The number of halogens is 2. The molecule has 0 aliphatic heterocycles. The molecule has 2 aromatic rings. The van der Waals surface area contributed by atoms with Gasteiger partial charge < -0.3 is 5.11 Å². The first-order valence-electron chi connectivity index (χ1n) is 4.72. The zero-order valence-corrected chi connectivity index (χ0v) is 10.0. The van der Waals surface area contributed by atoms with Gasteiger partial charge in [0.05, 0.1) is 5.02 Å². The SMILES string of the molecule is O=C(O)c1ncc(-c2cccc(Cl)c2)cc1Cl. The van der Waals surface area contributed by atoms with Gasteiger partial charge in [-0.25, -0.2) is 9.78 Å². The highest BCUT2D eigenvalue weighted by Gasteiger charge is 2.11. The molecule has 1 heterocycles. The highest BCUT2D eigenvalue weighted by atomic mass is 35.5. The number of aromatic nitrogens is 1. The molecular weight excluding hydrogens is 261 g/mol. The Balaban J connectivity index is 2.48. The molecule has 0 unspecified atom stereocenters. The van der Waals surface area contributed by atoms with Crippen molar-refractivity contribution < 1.29 is 9.90 Å². The topological polar surface area (TPSA) is 50.2 Å². The molecule has 0 aliphatic carbocycles. The van der Waals surface area contributed by atoms with Crippen LogP contribution >= 0.6 is 23.2 Å². The van der Waals surface area contributed by atoms with Gasteiger partial charge in [-0.2, -0.15) is 0 Å². The third kappa shape index (κ3) is 2.57. The van der Waals surface area contributed by atoms with E-state index in [0.717, 1.165) is 11.1 Å². The predicted octanol–water partition coefficient (Wildman–Crippen LogP) is 3.75. The molecule has 17 heavy (non-hydrogen) atoms. The maximum Gasteiger partial charge on any atom is 0.356 e. The minimum absolute atomic E-state index is 0.106. The Morgan fingerprint density at radius 1 is 1.18 bits per heavy atom. The molecule has 86 valence electrons. The monoisotopic (exact) mass is 267 g/mol. The van der Waals surface area contributed by atoms with Crippen molar-refractivity contribution in [2.75, 3.05) is 0 Å². The van der Waals surface area contributed by atoms with Gasteiger partial charge in [-0.15, -0.1) is 0 Å². The minimum Gasteiger partial charge on any atom is -0.476 e. The number of aromatic carboxylic acids is 1. The van der Waals surface area contributed by atoms with Gasteiger partial charge in [0.2, 0.25) is 0 Å². The minimum atomic E-state index is -1.15. The van der Waals surface area contributed by atoms with Crippen molar-refractivity contribution in [2.24, 2.45) is 0 Å². The van der Waals surface area contributed by atoms with Crippen LogP contribution in [0, 0.1) is 0 Å². The van der Waals surface area contributed by atoms with Gasteiger partial charge in [0.25, 0.3) is 0 Å². The van der Waals surface area contributed by atoms with E-state index in [2.05, 4.69) is 4.98 Å². The van der Waals surface area contributed by atoms with E-state index in [0.29, 0.717) is 5.02 Å². The summed E-state index contributed by atoms with van der Waals surface area (Å²) in [5.74, 6) is -1.15. The van der Waals surface area contributed by atoms with Gasteiger partial charge in [-0.05, 0) is 23.8 Å². The molecule has 3 nitrogen and oxygen atoms in total. The van der Waals surface area contributed by atoms with Crippen LogP contribution in [-0.4, -0.2) is 16.1 Å². The Hall–Kier alpha value is -1.58. The molecule has 5 heteroatoms. The standard InChI is InChI=1S/C12H7Cl2NO2/c13-9-3-1-2-7(4-9)8-5-10(14)11(12(16)17)15-6-8/h1-6H,(H,16,17). The lowest BCUT2D eigenvalue weighted by Crippen LogP contribution is -2.01. The number of carboxylic acid groups (broad SMARTS) is 1. The highest BCUT2D eigenvalue weighted by Crippen LogP contribution is 2.25. The maximum atomic E-state index is 10.8. The molecule has 0 atom stereocenters. The Morgan fingerprint density at radius 3 is 2.53 bits per heavy atom. The summed E-state index contributed by atoms with van der Waals surface area (Å²) in [5.41, 5.74) is 1.41. The molecule has 0 amide bonds. The molecule has 1 N–H and O–H groups in total. The van der Waals surface area contributed by atoms with Gasteiger partial charge in [-0.1, -0.05) is 35.3 Å². The molecule has 1 aromatic carbocycles. The predicted molar refractivity (Wildman–Crippen MR) is 66.7 cm³/mol. The normalized spacial score (nSPS) is 10.2. The largest absolute Gasteiger partial charge is 0.476 e. The number of hydrogen-bond acceptors (Lipinski definition) is 2. The summed E-state index contributed by atoms with van der Waals surface area (Å²) >= 11 is 11.7. The summed E-state index contributed by atoms with van der Waals surface area (Å²) in [4.78, 5) is 14.6. The van der Waals surface area contributed by atoms with E-state index >= 15 is 0 Å². The van der Waals surface area contributed by atoms with Crippen molar-refractivity contribution in [3.8, 4) is 11.1 Å². The third-order valence-electron chi connectivity index (χ3n) is 2.20. The summed E-state index contributed by atoms with van der Waals surface area (Å²) < 4.78 is 0. The van der Waals surface area contributed by atoms with Crippen LogP contribution in [0.5, 0.6) is 0 Å². The maximum absolute atomic E-state index is 10.8. The lowest BCUT2D eigenvalue weighted by atomic mass is 10.1. The quantitative estimate of drug-likeness (QED) is 0.902. The van der Waals surface area contributed by atoms with E-state index < -0.39 is 5.97 Å². The second-order valence-electron chi connectivity index (χ2n) is 3.37. The number of carboxylic acids is 1. The lowest BCUT2D eigenvalue weighted by molar-refractivity contribution is 0.0691. The van der Waals surface area contributed by atoms with E-state index in [9.17, 15) is 4.79 Å². The molecule has 0 saturated heterocycles. The first kappa shape index (κ1) is 11.9. The van der Waals surface area contributed by atoms with Gasteiger partial charge in [0.1, 0.15) is 0 Å². The Kier molecular flexibility index (Phi) is 3.31. The van der Waals surface area contributed by atoms with Crippen molar-refractivity contribution in [2.45, 2.75) is 0 Å². The van der Waals surface area contributed by atoms with Crippen LogP contribution in [-0.2, 0) is 0 Å². The lowest BCUT2D eigenvalue weighted by Gasteiger charge is -2.04. The Bertz CT molecular complexity index is 584. The van der Waals surface area contributed by atoms with Gasteiger partial charge in [-0.3, -0.25) is 0 Å². The fraction of sp³-hybridized carbons (Fsp3) is 0. The highest BCUT2D eigenvalue weighted by molar-refractivity contribution is 6.33. The van der Waals surface area contributed by atoms with Crippen LogP contribution in [0.1, 0.15) is 10.5 Å². The molecule has 0 saturated carbocycles. The van der Waals surface area contributed by atoms with E-state index in [1.54, 1.807) is 24.3 Å². The zero-order chi connectivity index (χ0) is 12.4. The molecule has 0 bridgehead atoms.